The van der Waals surface area contributed by atoms with Crippen LogP contribution >= 0.6 is 0 Å². The molecule has 2 aromatic carbocycles. The predicted octanol–water partition coefficient (Wildman–Crippen LogP) is 3.74. The number of rotatable bonds is 5. The van der Waals surface area contributed by atoms with Crippen molar-refractivity contribution in [1.29, 1.82) is 0 Å². The maximum absolute atomic E-state index is 6.36. The van der Waals surface area contributed by atoms with Crippen LogP contribution in [0.25, 0.3) is 0 Å². The van der Waals surface area contributed by atoms with E-state index in [0.717, 1.165) is 13.1 Å². The molecule has 2 nitrogen and oxygen atoms in total. The van der Waals surface area contributed by atoms with Gasteiger partial charge in [0.2, 0.25) is 0 Å². The van der Waals surface area contributed by atoms with Gasteiger partial charge >= 0.3 is 0 Å². The van der Waals surface area contributed by atoms with Crippen LogP contribution in [0.4, 0.5) is 0 Å². The summed E-state index contributed by atoms with van der Waals surface area (Å²) in [6.45, 7) is 8.19. The van der Waals surface area contributed by atoms with E-state index in [9.17, 15) is 0 Å². The van der Waals surface area contributed by atoms with Gasteiger partial charge in [0.15, 0.2) is 0 Å². The first-order chi connectivity index (χ1) is 9.95. The Morgan fingerprint density at radius 1 is 1.00 bits per heavy atom. The lowest BCUT2D eigenvalue weighted by molar-refractivity contribution is 0.305. The molecule has 21 heavy (non-hydrogen) atoms. The molecule has 0 saturated carbocycles. The molecule has 2 rings (SSSR count). The highest BCUT2D eigenvalue weighted by Crippen LogP contribution is 2.17. The number of aryl methyl sites for hydroxylation is 3. The molecule has 1 unspecified atom stereocenters. The first-order valence-corrected chi connectivity index (χ1v) is 7.52. The molecule has 112 valence electrons. The molecule has 0 aliphatic rings. The summed E-state index contributed by atoms with van der Waals surface area (Å²) in [6.07, 6.45) is 0. The molecular formula is C19H26N2. The van der Waals surface area contributed by atoms with Gasteiger partial charge in [0.1, 0.15) is 0 Å². The van der Waals surface area contributed by atoms with E-state index in [4.69, 9.17) is 5.73 Å². The molecule has 0 aromatic heterocycles. The lowest BCUT2D eigenvalue weighted by Crippen LogP contribution is -2.28. The number of benzene rings is 2. The third kappa shape index (κ3) is 4.42. The fourth-order valence-corrected chi connectivity index (χ4v) is 2.62. The van der Waals surface area contributed by atoms with Gasteiger partial charge in [-0.05, 0) is 50.1 Å². The zero-order valence-electron chi connectivity index (χ0n) is 13.6. The van der Waals surface area contributed by atoms with Gasteiger partial charge in [-0.15, -0.1) is 0 Å². The molecular weight excluding hydrogens is 256 g/mol. The lowest BCUT2D eigenvalue weighted by atomic mass is 10.0. The van der Waals surface area contributed by atoms with Crippen molar-refractivity contribution < 1.29 is 0 Å². The minimum Gasteiger partial charge on any atom is -0.323 e. The van der Waals surface area contributed by atoms with Crippen LogP contribution in [0, 0.1) is 20.8 Å². The van der Waals surface area contributed by atoms with E-state index in [-0.39, 0.29) is 6.04 Å². The van der Waals surface area contributed by atoms with Crippen LogP contribution < -0.4 is 5.73 Å². The predicted molar refractivity (Wildman–Crippen MR) is 90.4 cm³/mol. The molecule has 0 bridgehead atoms. The summed E-state index contributed by atoms with van der Waals surface area (Å²) in [5, 5.41) is 0. The van der Waals surface area contributed by atoms with E-state index in [2.05, 4.69) is 75.2 Å². The van der Waals surface area contributed by atoms with Crippen LogP contribution in [-0.4, -0.2) is 18.5 Å². The highest BCUT2D eigenvalue weighted by molar-refractivity contribution is 5.31. The molecule has 0 radical (unpaired) electrons. The largest absolute Gasteiger partial charge is 0.323 e. The average molecular weight is 282 g/mol. The summed E-state index contributed by atoms with van der Waals surface area (Å²) in [5.74, 6) is 0. The molecule has 0 fully saturated rings. The lowest BCUT2D eigenvalue weighted by Gasteiger charge is -2.22. The highest BCUT2D eigenvalue weighted by Gasteiger charge is 2.10. The first kappa shape index (κ1) is 15.7. The SMILES string of the molecule is Cc1cccc(CN(C)CC(N)c2ccc(C)c(C)c2)c1. The van der Waals surface area contributed by atoms with Crippen molar-refractivity contribution in [3.8, 4) is 0 Å². The Balaban J connectivity index is 1.98. The summed E-state index contributed by atoms with van der Waals surface area (Å²) in [5.41, 5.74) is 12.8. The van der Waals surface area contributed by atoms with E-state index in [1.54, 1.807) is 0 Å². The number of hydrogen-bond acceptors (Lipinski definition) is 2. The number of nitrogens with two attached hydrogens (primary N) is 1. The van der Waals surface area contributed by atoms with E-state index >= 15 is 0 Å². The second-order valence-electron chi connectivity index (χ2n) is 6.14. The van der Waals surface area contributed by atoms with Gasteiger partial charge in [-0.2, -0.15) is 0 Å². The van der Waals surface area contributed by atoms with E-state index in [1.165, 1.54) is 27.8 Å². The average Bonchev–Trinajstić information content (AvgIpc) is 2.41. The zero-order chi connectivity index (χ0) is 15.4. The second-order valence-corrected chi connectivity index (χ2v) is 6.14. The Hall–Kier alpha value is -1.64. The van der Waals surface area contributed by atoms with Crippen molar-refractivity contribution >= 4 is 0 Å². The molecule has 0 spiro atoms. The van der Waals surface area contributed by atoms with Crippen molar-refractivity contribution in [3.63, 3.8) is 0 Å². The van der Waals surface area contributed by atoms with Gasteiger partial charge in [0, 0.05) is 19.1 Å². The Bertz CT molecular complexity index is 604. The van der Waals surface area contributed by atoms with Crippen LogP contribution in [-0.2, 0) is 6.54 Å². The Labute approximate surface area is 128 Å². The topological polar surface area (TPSA) is 29.3 Å². The summed E-state index contributed by atoms with van der Waals surface area (Å²) < 4.78 is 0. The van der Waals surface area contributed by atoms with Crippen LogP contribution in [0.2, 0.25) is 0 Å². The van der Waals surface area contributed by atoms with Crippen LogP contribution in [0.1, 0.15) is 33.9 Å². The quantitative estimate of drug-likeness (QED) is 0.905. The van der Waals surface area contributed by atoms with Crippen molar-refractivity contribution in [2.45, 2.75) is 33.4 Å². The van der Waals surface area contributed by atoms with Crippen molar-refractivity contribution in [3.05, 3.63) is 70.3 Å². The fourth-order valence-electron chi connectivity index (χ4n) is 2.62. The Kier molecular flexibility index (Phi) is 5.16. The molecule has 0 saturated heterocycles. The van der Waals surface area contributed by atoms with E-state index in [1.807, 2.05) is 0 Å². The third-order valence-corrected chi connectivity index (χ3v) is 4.00. The Morgan fingerprint density at radius 3 is 2.43 bits per heavy atom. The van der Waals surface area contributed by atoms with E-state index < -0.39 is 0 Å². The van der Waals surface area contributed by atoms with Crippen LogP contribution in [0.3, 0.4) is 0 Å². The molecule has 0 amide bonds. The maximum Gasteiger partial charge on any atom is 0.0424 e. The smallest absolute Gasteiger partial charge is 0.0424 e. The highest BCUT2D eigenvalue weighted by atomic mass is 15.1. The molecule has 2 heteroatoms. The molecule has 0 aliphatic heterocycles. The number of nitrogens with zero attached hydrogens (tertiary/aromatic N) is 1. The van der Waals surface area contributed by atoms with Crippen molar-refractivity contribution in [1.82, 2.24) is 4.90 Å². The van der Waals surface area contributed by atoms with Crippen molar-refractivity contribution in [2.75, 3.05) is 13.6 Å². The number of hydrogen-bond donors (Lipinski definition) is 1. The van der Waals surface area contributed by atoms with Gasteiger partial charge in [0.05, 0.1) is 0 Å². The van der Waals surface area contributed by atoms with Crippen LogP contribution in [0.5, 0.6) is 0 Å². The molecule has 2 aromatic rings. The van der Waals surface area contributed by atoms with Gasteiger partial charge in [-0.1, -0.05) is 48.0 Å². The maximum atomic E-state index is 6.36. The van der Waals surface area contributed by atoms with Crippen LogP contribution in [0.15, 0.2) is 42.5 Å². The summed E-state index contributed by atoms with van der Waals surface area (Å²) in [4.78, 5) is 2.29. The van der Waals surface area contributed by atoms with Gasteiger partial charge < -0.3 is 10.6 Å². The second kappa shape index (κ2) is 6.88. The fraction of sp³-hybridized carbons (Fsp3) is 0.368. The van der Waals surface area contributed by atoms with Gasteiger partial charge in [0.25, 0.3) is 0 Å². The Morgan fingerprint density at radius 2 is 1.76 bits per heavy atom. The monoisotopic (exact) mass is 282 g/mol. The first-order valence-electron chi connectivity index (χ1n) is 7.52. The van der Waals surface area contributed by atoms with Gasteiger partial charge in [-0.25, -0.2) is 0 Å². The normalized spacial score (nSPS) is 12.7. The molecule has 1 atom stereocenters. The zero-order valence-corrected chi connectivity index (χ0v) is 13.6. The number of likely N-dealkylation sites (N-methyl/N-ethyl adjacent to an activating group) is 1. The summed E-state index contributed by atoms with van der Waals surface area (Å²) in [7, 11) is 2.13. The van der Waals surface area contributed by atoms with Gasteiger partial charge in [-0.3, -0.25) is 0 Å². The molecule has 0 heterocycles. The summed E-state index contributed by atoms with van der Waals surface area (Å²) >= 11 is 0. The van der Waals surface area contributed by atoms with E-state index in [0.29, 0.717) is 0 Å². The minimum atomic E-state index is 0.0547. The minimum absolute atomic E-state index is 0.0547. The summed E-state index contributed by atoms with van der Waals surface area (Å²) in [6, 6.07) is 15.2. The van der Waals surface area contributed by atoms with Crippen molar-refractivity contribution in [2.24, 2.45) is 5.73 Å². The molecule has 2 N–H and O–H groups in total. The standard InChI is InChI=1S/C19H26N2/c1-14-6-5-7-17(10-14)12-21(4)13-19(20)18-9-8-15(2)16(3)11-18/h5-11,19H,12-13,20H2,1-4H3. The third-order valence-electron chi connectivity index (χ3n) is 4.00. The molecule has 0 aliphatic carbocycles.